The molecule has 10 heteroatoms. The van der Waals surface area contributed by atoms with Crippen LogP contribution in [0.4, 0.5) is 18.0 Å². The van der Waals surface area contributed by atoms with Crippen molar-refractivity contribution in [2.75, 3.05) is 13.7 Å². The van der Waals surface area contributed by atoms with E-state index in [-0.39, 0.29) is 36.2 Å². The lowest BCUT2D eigenvalue weighted by atomic mass is 9.93. The maximum absolute atomic E-state index is 13.0. The molecule has 1 aromatic carbocycles. The number of carbonyl (C=O) groups excluding carboxylic acids is 3. The largest absolute Gasteiger partial charge is 0.550 e. The average Bonchev–Trinajstić information content (AvgIpc) is 2.62. The first-order chi connectivity index (χ1) is 13.1. The highest BCUT2D eigenvalue weighted by Crippen LogP contribution is 2.35. The predicted octanol–water partition coefficient (Wildman–Crippen LogP) is 1.75. The van der Waals surface area contributed by atoms with Crippen LogP contribution in [-0.4, -0.2) is 36.5 Å². The highest BCUT2D eigenvalue weighted by atomic mass is 19.4. The first-order valence-corrected chi connectivity index (χ1v) is 8.30. The van der Waals surface area contributed by atoms with Crippen LogP contribution in [0.25, 0.3) is 0 Å². The molecule has 0 aromatic heterocycles. The van der Waals surface area contributed by atoms with Gasteiger partial charge in [0.25, 0.3) is 0 Å². The lowest BCUT2D eigenvalue weighted by Crippen LogP contribution is -2.48. The molecule has 2 rings (SSSR count). The molecule has 0 radical (unpaired) electrons. The van der Waals surface area contributed by atoms with Gasteiger partial charge in [-0.2, -0.15) is 13.2 Å². The summed E-state index contributed by atoms with van der Waals surface area (Å²) in [5.74, 6) is -2.10. The molecule has 0 saturated carbocycles. The van der Waals surface area contributed by atoms with Gasteiger partial charge in [-0.1, -0.05) is 12.1 Å². The molecular formula is C18H18F3N2O5-. The number of hydrogen-bond acceptors (Lipinski definition) is 5. The van der Waals surface area contributed by atoms with E-state index < -0.39 is 35.8 Å². The fourth-order valence-electron chi connectivity index (χ4n) is 2.95. The second-order valence-corrected chi connectivity index (χ2v) is 6.12. The first-order valence-electron chi connectivity index (χ1n) is 8.30. The third kappa shape index (κ3) is 4.62. The molecule has 0 fully saturated rings. The fraction of sp³-hybridized carbons (Fsp3) is 0.389. The van der Waals surface area contributed by atoms with E-state index in [9.17, 15) is 32.7 Å². The van der Waals surface area contributed by atoms with E-state index in [2.05, 4.69) is 5.32 Å². The summed E-state index contributed by atoms with van der Waals surface area (Å²) in [7, 11) is 1.11. The maximum Gasteiger partial charge on any atom is 0.416 e. The molecule has 0 spiro atoms. The topological polar surface area (TPSA) is 98.8 Å². The summed E-state index contributed by atoms with van der Waals surface area (Å²) in [6.45, 7) is 1.44. The van der Waals surface area contributed by atoms with Crippen LogP contribution >= 0.6 is 0 Å². The van der Waals surface area contributed by atoms with Crippen molar-refractivity contribution in [3.8, 4) is 0 Å². The number of esters is 1. The summed E-state index contributed by atoms with van der Waals surface area (Å²) in [5, 5.41) is 13.1. The number of ether oxygens (including phenoxy) is 1. The van der Waals surface area contributed by atoms with Gasteiger partial charge in [-0.25, -0.2) is 9.59 Å². The molecule has 1 aliphatic heterocycles. The van der Waals surface area contributed by atoms with Crippen LogP contribution in [0.5, 0.6) is 0 Å². The highest BCUT2D eigenvalue weighted by molar-refractivity contribution is 5.95. The zero-order chi connectivity index (χ0) is 21.1. The Hall–Kier alpha value is -3.04. The van der Waals surface area contributed by atoms with Crippen LogP contribution in [0.2, 0.25) is 0 Å². The molecule has 0 bridgehead atoms. The SMILES string of the molecule is COC(=O)C1=C(C)N(CCCC(=O)[O-])C(=O)N[C@@H]1c1cccc(C(F)(F)F)c1. The number of amides is 2. The van der Waals surface area contributed by atoms with Crippen molar-refractivity contribution in [3.05, 3.63) is 46.7 Å². The van der Waals surface area contributed by atoms with E-state index in [0.29, 0.717) is 0 Å². The summed E-state index contributed by atoms with van der Waals surface area (Å²) in [6.07, 6.45) is -4.80. The maximum atomic E-state index is 13.0. The van der Waals surface area contributed by atoms with Crippen LogP contribution in [0.15, 0.2) is 35.5 Å². The Labute approximate surface area is 158 Å². The monoisotopic (exact) mass is 399 g/mol. The van der Waals surface area contributed by atoms with Gasteiger partial charge in [0.05, 0.1) is 24.3 Å². The number of methoxy groups -OCH3 is 1. The summed E-state index contributed by atoms with van der Waals surface area (Å²) in [4.78, 5) is 36.5. The highest BCUT2D eigenvalue weighted by Gasteiger charge is 2.37. The molecule has 1 aromatic rings. The fourth-order valence-corrected chi connectivity index (χ4v) is 2.95. The Kier molecular flexibility index (Phi) is 6.32. The van der Waals surface area contributed by atoms with E-state index in [0.717, 1.165) is 24.1 Å². The van der Waals surface area contributed by atoms with Crippen LogP contribution in [0, 0.1) is 0 Å². The van der Waals surface area contributed by atoms with Crippen molar-refractivity contribution in [1.29, 1.82) is 0 Å². The van der Waals surface area contributed by atoms with Gasteiger partial charge < -0.3 is 20.0 Å². The van der Waals surface area contributed by atoms with Gasteiger partial charge in [-0.15, -0.1) is 0 Å². The second-order valence-electron chi connectivity index (χ2n) is 6.12. The molecule has 1 aliphatic rings. The van der Waals surface area contributed by atoms with Crippen molar-refractivity contribution in [2.24, 2.45) is 0 Å². The number of nitrogens with one attached hydrogen (secondary N) is 1. The molecule has 1 atom stereocenters. The van der Waals surface area contributed by atoms with Crippen LogP contribution in [0.3, 0.4) is 0 Å². The van der Waals surface area contributed by atoms with Gasteiger partial charge in [-0.05, 0) is 37.5 Å². The number of aliphatic carboxylic acids is 1. The minimum absolute atomic E-state index is 0.0124. The number of hydrogen-bond donors (Lipinski definition) is 1. The van der Waals surface area contributed by atoms with Gasteiger partial charge in [0.2, 0.25) is 0 Å². The Bertz CT molecular complexity index is 820. The number of allylic oxidation sites excluding steroid dienone is 1. The van der Waals surface area contributed by atoms with Gasteiger partial charge >= 0.3 is 18.2 Å². The van der Waals surface area contributed by atoms with E-state index in [1.165, 1.54) is 19.1 Å². The number of rotatable bonds is 6. The van der Waals surface area contributed by atoms with Crippen molar-refractivity contribution >= 4 is 18.0 Å². The van der Waals surface area contributed by atoms with Crippen molar-refractivity contribution in [3.63, 3.8) is 0 Å². The zero-order valence-corrected chi connectivity index (χ0v) is 15.1. The number of benzene rings is 1. The molecule has 1 N–H and O–H groups in total. The molecule has 0 unspecified atom stereocenters. The number of halogens is 3. The summed E-state index contributed by atoms with van der Waals surface area (Å²) >= 11 is 0. The standard InChI is InChI=1S/C18H19F3N2O5/c1-10-14(16(26)28-2)15(11-5-3-6-12(9-11)18(19,20)21)22-17(27)23(10)8-4-7-13(24)25/h3,5-6,9,15H,4,7-8H2,1-2H3,(H,22,27)(H,24,25)/p-1/t15-/m1/s1. The molecular weight excluding hydrogens is 381 g/mol. The number of carboxylic acids is 1. The summed E-state index contributed by atoms with van der Waals surface area (Å²) < 4.78 is 43.8. The Morgan fingerprint density at radius 2 is 2.00 bits per heavy atom. The van der Waals surface area contributed by atoms with Crippen molar-refractivity contribution in [1.82, 2.24) is 10.2 Å². The number of nitrogens with zero attached hydrogens (tertiary/aromatic N) is 1. The number of alkyl halides is 3. The Balaban J connectivity index is 2.45. The number of carboxylic acid groups (broad SMARTS) is 1. The van der Waals surface area contributed by atoms with Gasteiger partial charge in [0.15, 0.2) is 0 Å². The molecule has 0 aliphatic carbocycles. The first kappa shape index (κ1) is 21.3. The summed E-state index contributed by atoms with van der Waals surface area (Å²) in [5.41, 5.74) is -0.707. The molecule has 1 heterocycles. The molecule has 0 saturated heterocycles. The zero-order valence-electron chi connectivity index (χ0n) is 15.1. The quantitative estimate of drug-likeness (QED) is 0.735. The smallest absolute Gasteiger partial charge is 0.416 e. The number of carbonyl (C=O) groups is 3. The molecule has 7 nitrogen and oxygen atoms in total. The molecule has 2 amide bonds. The van der Waals surface area contributed by atoms with Gasteiger partial charge in [0.1, 0.15) is 0 Å². The number of urea groups is 1. The minimum Gasteiger partial charge on any atom is -0.550 e. The van der Waals surface area contributed by atoms with Gasteiger partial charge in [0, 0.05) is 18.2 Å². The Morgan fingerprint density at radius 3 is 2.57 bits per heavy atom. The second kappa shape index (κ2) is 8.32. The van der Waals surface area contributed by atoms with Crippen LogP contribution < -0.4 is 10.4 Å². The summed E-state index contributed by atoms with van der Waals surface area (Å²) in [6, 6.07) is 2.48. The molecule has 28 heavy (non-hydrogen) atoms. The van der Waals surface area contributed by atoms with Crippen molar-refractivity contribution < 1.29 is 37.4 Å². The van der Waals surface area contributed by atoms with Crippen LogP contribution in [-0.2, 0) is 20.5 Å². The molecule has 152 valence electrons. The average molecular weight is 399 g/mol. The Morgan fingerprint density at radius 1 is 1.32 bits per heavy atom. The lowest BCUT2D eigenvalue weighted by Gasteiger charge is -2.35. The predicted molar refractivity (Wildman–Crippen MR) is 88.4 cm³/mol. The van der Waals surface area contributed by atoms with Gasteiger partial charge in [-0.3, -0.25) is 4.90 Å². The van der Waals surface area contributed by atoms with E-state index >= 15 is 0 Å². The third-order valence-corrected chi connectivity index (χ3v) is 4.31. The van der Waals surface area contributed by atoms with Crippen LogP contribution in [0.1, 0.15) is 36.9 Å². The third-order valence-electron chi connectivity index (χ3n) is 4.31. The normalized spacial score (nSPS) is 17.4. The lowest BCUT2D eigenvalue weighted by molar-refractivity contribution is -0.305. The van der Waals surface area contributed by atoms with E-state index in [4.69, 9.17) is 4.74 Å². The minimum atomic E-state index is -4.59. The van der Waals surface area contributed by atoms with Crippen molar-refractivity contribution in [2.45, 2.75) is 32.0 Å². The van der Waals surface area contributed by atoms with E-state index in [1.807, 2.05) is 0 Å². The van der Waals surface area contributed by atoms with E-state index in [1.54, 1.807) is 0 Å².